The summed E-state index contributed by atoms with van der Waals surface area (Å²) in [7, 11) is 0. The van der Waals surface area contributed by atoms with Crippen molar-refractivity contribution in [3.8, 4) is 0 Å². The fraction of sp³-hybridized carbons (Fsp3) is 0.471. The number of likely N-dealkylation sites (tertiary alicyclic amines) is 1. The van der Waals surface area contributed by atoms with E-state index in [0.717, 1.165) is 11.3 Å². The molecular formula is C17H20N2O4. The maximum absolute atomic E-state index is 12.6. The van der Waals surface area contributed by atoms with E-state index in [1.807, 2.05) is 24.3 Å². The number of aldehydes is 1. The van der Waals surface area contributed by atoms with Crippen molar-refractivity contribution in [1.82, 2.24) is 4.90 Å². The van der Waals surface area contributed by atoms with Gasteiger partial charge < -0.3 is 14.8 Å². The average Bonchev–Trinajstić information content (AvgIpc) is 2.98. The number of para-hydroxylation sites is 1. The van der Waals surface area contributed by atoms with Gasteiger partial charge >= 0.3 is 6.09 Å². The lowest BCUT2D eigenvalue weighted by atomic mass is 9.80. The molecule has 2 heterocycles. The van der Waals surface area contributed by atoms with Gasteiger partial charge in [-0.05, 0) is 38.8 Å². The van der Waals surface area contributed by atoms with Crippen LogP contribution >= 0.6 is 0 Å². The van der Waals surface area contributed by atoms with Crippen molar-refractivity contribution >= 4 is 24.0 Å². The topological polar surface area (TPSA) is 75.7 Å². The van der Waals surface area contributed by atoms with Crippen LogP contribution in [0, 0.1) is 0 Å². The first-order valence-corrected chi connectivity index (χ1v) is 7.63. The Hall–Kier alpha value is -2.37. The van der Waals surface area contributed by atoms with Gasteiger partial charge in [-0.25, -0.2) is 4.79 Å². The van der Waals surface area contributed by atoms with Crippen molar-refractivity contribution in [3.05, 3.63) is 29.8 Å². The highest BCUT2D eigenvalue weighted by Crippen LogP contribution is 2.46. The zero-order valence-electron chi connectivity index (χ0n) is 13.5. The number of nitrogens with one attached hydrogen (secondary N) is 1. The summed E-state index contributed by atoms with van der Waals surface area (Å²) in [6.07, 6.45) is 0.425. The van der Waals surface area contributed by atoms with Gasteiger partial charge in [0.25, 0.3) is 0 Å². The van der Waals surface area contributed by atoms with Crippen LogP contribution < -0.4 is 5.32 Å². The zero-order valence-corrected chi connectivity index (χ0v) is 13.5. The minimum atomic E-state index is -0.876. The van der Waals surface area contributed by atoms with Gasteiger partial charge in [-0.1, -0.05) is 18.2 Å². The number of ether oxygens (including phenoxy) is 1. The largest absolute Gasteiger partial charge is 0.444 e. The lowest BCUT2D eigenvalue weighted by Crippen LogP contribution is -2.42. The molecule has 0 radical (unpaired) electrons. The zero-order chi connectivity index (χ0) is 16.8. The number of benzene rings is 1. The van der Waals surface area contributed by atoms with Crippen molar-refractivity contribution in [2.75, 3.05) is 11.9 Å². The van der Waals surface area contributed by atoms with Crippen molar-refractivity contribution in [3.63, 3.8) is 0 Å². The molecule has 1 aromatic carbocycles. The number of hydrogen-bond donors (Lipinski definition) is 1. The van der Waals surface area contributed by atoms with Crippen LogP contribution in [0.25, 0.3) is 0 Å². The lowest BCUT2D eigenvalue weighted by molar-refractivity contribution is -0.120. The normalized spacial score (nSPS) is 26.1. The van der Waals surface area contributed by atoms with E-state index in [2.05, 4.69) is 5.32 Å². The summed E-state index contributed by atoms with van der Waals surface area (Å²) in [4.78, 5) is 37.8. The third-order valence-electron chi connectivity index (χ3n) is 4.31. The van der Waals surface area contributed by atoms with Gasteiger partial charge in [0.15, 0.2) is 0 Å². The molecule has 1 fully saturated rings. The minimum Gasteiger partial charge on any atom is -0.444 e. The summed E-state index contributed by atoms with van der Waals surface area (Å²) in [5, 5.41) is 2.85. The van der Waals surface area contributed by atoms with E-state index in [1.54, 1.807) is 20.8 Å². The molecule has 6 heteroatoms. The molecule has 2 amide bonds. The summed E-state index contributed by atoms with van der Waals surface area (Å²) in [5.74, 6) is -0.170. The first kappa shape index (κ1) is 15.5. The molecule has 0 saturated carbocycles. The van der Waals surface area contributed by atoms with E-state index in [1.165, 1.54) is 4.90 Å². The number of nitrogens with zero attached hydrogens (tertiary/aromatic N) is 1. The molecule has 2 atom stereocenters. The van der Waals surface area contributed by atoms with Crippen LogP contribution in [0.5, 0.6) is 0 Å². The van der Waals surface area contributed by atoms with Gasteiger partial charge in [-0.2, -0.15) is 0 Å². The smallest absolute Gasteiger partial charge is 0.410 e. The molecular weight excluding hydrogens is 296 g/mol. The second-order valence-corrected chi connectivity index (χ2v) is 7.10. The van der Waals surface area contributed by atoms with E-state index in [-0.39, 0.29) is 18.9 Å². The number of fused-ring (bicyclic) bond motifs is 2. The Morgan fingerprint density at radius 3 is 2.74 bits per heavy atom. The monoisotopic (exact) mass is 316 g/mol. The molecule has 0 aliphatic carbocycles. The minimum absolute atomic E-state index is 0.147. The molecule has 1 saturated heterocycles. The Morgan fingerprint density at radius 1 is 1.39 bits per heavy atom. The summed E-state index contributed by atoms with van der Waals surface area (Å²) >= 11 is 0. The van der Waals surface area contributed by atoms with Gasteiger partial charge in [0, 0.05) is 12.2 Å². The van der Waals surface area contributed by atoms with Crippen LogP contribution in [0.4, 0.5) is 10.5 Å². The van der Waals surface area contributed by atoms with Crippen molar-refractivity contribution in [2.45, 2.75) is 44.2 Å². The predicted molar refractivity (Wildman–Crippen MR) is 84.2 cm³/mol. The molecule has 23 heavy (non-hydrogen) atoms. The highest BCUT2D eigenvalue weighted by molar-refractivity contribution is 6.07. The number of carbonyl (C=O) groups is 3. The van der Waals surface area contributed by atoms with Gasteiger partial charge in [-0.3, -0.25) is 9.69 Å². The first-order chi connectivity index (χ1) is 10.8. The molecule has 6 nitrogen and oxygen atoms in total. The van der Waals surface area contributed by atoms with Crippen LogP contribution in [0.2, 0.25) is 0 Å². The standard InChI is InChI=1S/C17H20N2O4/c1-16(2,3)23-15(22)19-10-17(8-11(19)9-20)12-6-4-5-7-13(12)18-14(17)21/h4-7,9,11H,8,10H2,1-3H3,(H,18,21)/t11-,17-/m0/s1. The highest BCUT2D eigenvalue weighted by atomic mass is 16.6. The third-order valence-corrected chi connectivity index (χ3v) is 4.31. The first-order valence-electron chi connectivity index (χ1n) is 7.63. The molecule has 1 aromatic rings. The van der Waals surface area contributed by atoms with E-state index in [0.29, 0.717) is 6.29 Å². The highest BCUT2D eigenvalue weighted by Gasteiger charge is 2.56. The molecule has 122 valence electrons. The average molecular weight is 316 g/mol. The second-order valence-electron chi connectivity index (χ2n) is 7.10. The summed E-state index contributed by atoms with van der Waals surface area (Å²) < 4.78 is 5.38. The van der Waals surface area contributed by atoms with Gasteiger partial charge in [-0.15, -0.1) is 0 Å². The van der Waals surface area contributed by atoms with Crippen LogP contribution in [0.1, 0.15) is 32.8 Å². The van der Waals surface area contributed by atoms with Crippen LogP contribution in [-0.4, -0.2) is 41.4 Å². The van der Waals surface area contributed by atoms with E-state index >= 15 is 0 Å². The maximum Gasteiger partial charge on any atom is 0.410 e. The molecule has 3 rings (SSSR count). The fourth-order valence-electron chi connectivity index (χ4n) is 3.32. The molecule has 0 bridgehead atoms. The number of rotatable bonds is 1. The Labute approximate surface area is 134 Å². The van der Waals surface area contributed by atoms with Crippen molar-refractivity contribution in [2.24, 2.45) is 0 Å². The number of carbonyl (C=O) groups excluding carboxylic acids is 3. The van der Waals surface area contributed by atoms with E-state index in [9.17, 15) is 14.4 Å². The fourth-order valence-corrected chi connectivity index (χ4v) is 3.32. The summed E-state index contributed by atoms with van der Waals surface area (Å²) in [6, 6.07) is 6.73. The molecule has 2 aliphatic heterocycles. The molecule has 2 aliphatic rings. The SMILES string of the molecule is CC(C)(C)OC(=O)N1C[C@]2(C[C@H]1C=O)C(=O)Nc1ccccc12. The van der Waals surface area contributed by atoms with Crippen LogP contribution in [-0.2, 0) is 19.7 Å². The Morgan fingerprint density at radius 2 is 2.09 bits per heavy atom. The Kier molecular flexibility index (Phi) is 3.43. The molecule has 0 aromatic heterocycles. The van der Waals surface area contributed by atoms with E-state index < -0.39 is 23.2 Å². The Bertz CT molecular complexity index is 679. The van der Waals surface area contributed by atoms with Crippen LogP contribution in [0.3, 0.4) is 0 Å². The number of hydrogen-bond acceptors (Lipinski definition) is 4. The maximum atomic E-state index is 12.6. The van der Waals surface area contributed by atoms with Gasteiger partial charge in [0.2, 0.25) is 5.91 Å². The second kappa shape index (κ2) is 5.08. The van der Waals surface area contributed by atoms with E-state index in [4.69, 9.17) is 4.74 Å². The summed E-state index contributed by atoms with van der Waals surface area (Å²) in [5.41, 5.74) is 0.0472. The number of amides is 2. The molecule has 1 N–H and O–H groups in total. The lowest BCUT2D eigenvalue weighted by Gasteiger charge is -2.27. The van der Waals surface area contributed by atoms with Gasteiger partial charge in [0.05, 0.1) is 11.5 Å². The predicted octanol–water partition coefficient (Wildman–Crippen LogP) is 2.08. The summed E-state index contributed by atoms with van der Waals surface area (Å²) in [6.45, 7) is 5.45. The van der Waals surface area contributed by atoms with Gasteiger partial charge in [0.1, 0.15) is 11.9 Å². The van der Waals surface area contributed by atoms with Crippen LogP contribution in [0.15, 0.2) is 24.3 Å². The number of anilines is 1. The Balaban J connectivity index is 1.94. The third kappa shape index (κ3) is 2.48. The molecule has 0 unspecified atom stereocenters. The quantitative estimate of drug-likeness (QED) is 0.805. The van der Waals surface area contributed by atoms with Crippen molar-refractivity contribution in [1.29, 1.82) is 0 Å². The van der Waals surface area contributed by atoms with Crippen molar-refractivity contribution < 1.29 is 19.1 Å². The molecule has 1 spiro atoms.